The standard InChI is InChI=1S/C19H18F3N3O3S/c1-25(12-13-6-8-14(9-7-13)19(20,21)22)17(26)10-11-23-18-15-4-2-3-5-16(15)29(27,28)24-18/h2-9H,10-12H2,1H3,(H,23,24). The molecule has 0 radical (unpaired) electrons. The number of amidine groups is 1. The highest BCUT2D eigenvalue weighted by atomic mass is 32.2. The molecule has 0 unspecified atom stereocenters. The Balaban J connectivity index is 1.58. The molecule has 1 amide bonds. The summed E-state index contributed by atoms with van der Waals surface area (Å²) in [6.45, 7) is 0.228. The monoisotopic (exact) mass is 425 g/mol. The van der Waals surface area contributed by atoms with Gasteiger partial charge >= 0.3 is 6.18 Å². The summed E-state index contributed by atoms with van der Waals surface area (Å²) < 4.78 is 64.2. The lowest BCUT2D eigenvalue weighted by Gasteiger charge is -2.17. The number of amides is 1. The number of aliphatic imine (C=N–C) groups is 1. The minimum absolute atomic E-state index is 0.0323. The molecular weight excluding hydrogens is 407 g/mol. The fraction of sp³-hybridized carbons (Fsp3) is 0.263. The number of carbonyl (C=O) groups is 1. The van der Waals surface area contributed by atoms with E-state index in [1.807, 2.05) is 0 Å². The number of rotatable bonds is 5. The van der Waals surface area contributed by atoms with Crippen molar-refractivity contribution in [2.24, 2.45) is 4.99 Å². The normalized spacial score (nSPS) is 16.3. The van der Waals surface area contributed by atoms with Crippen LogP contribution in [0, 0.1) is 0 Å². The number of sulfonamides is 1. The molecule has 1 aliphatic heterocycles. The summed E-state index contributed by atoms with van der Waals surface area (Å²) in [6, 6.07) is 11.0. The molecule has 154 valence electrons. The number of nitrogens with one attached hydrogen (secondary N) is 1. The molecular formula is C19H18F3N3O3S. The number of hydrogen-bond acceptors (Lipinski definition) is 4. The van der Waals surface area contributed by atoms with Crippen LogP contribution in [0.4, 0.5) is 13.2 Å². The Hall–Kier alpha value is -2.88. The van der Waals surface area contributed by atoms with E-state index < -0.39 is 21.8 Å². The lowest BCUT2D eigenvalue weighted by Crippen LogP contribution is -2.27. The number of halogens is 3. The molecule has 3 rings (SSSR count). The number of carbonyl (C=O) groups excluding carboxylic acids is 1. The molecule has 0 aliphatic carbocycles. The molecule has 0 saturated carbocycles. The molecule has 0 atom stereocenters. The Bertz CT molecular complexity index is 1050. The van der Waals surface area contributed by atoms with Crippen LogP contribution in [0.2, 0.25) is 0 Å². The van der Waals surface area contributed by atoms with Crippen LogP contribution in [0.3, 0.4) is 0 Å². The van der Waals surface area contributed by atoms with E-state index in [2.05, 4.69) is 9.71 Å². The molecule has 6 nitrogen and oxygen atoms in total. The van der Waals surface area contributed by atoms with Gasteiger partial charge in [-0.3, -0.25) is 14.5 Å². The lowest BCUT2D eigenvalue weighted by molar-refractivity contribution is -0.137. The maximum Gasteiger partial charge on any atom is 0.416 e. The van der Waals surface area contributed by atoms with Crippen LogP contribution < -0.4 is 4.72 Å². The topological polar surface area (TPSA) is 78.8 Å². The highest BCUT2D eigenvalue weighted by Crippen LogP contribution is 2.29. The summed E-state index contributed by atoms with van der Waals surface area (Å²) >= 11 is 0. The van der Waals surface area contributed by atoms with E-state index in [0.29, 0.717) is 11.1 Å². The van der Waals surface area contributed by atoms with Gasteiger partial charge in [-0.25, -0.2) is 8.42 Å². The summed E-state index contributed by atoms with van der Waals surface area (Å²) in [4.78, 5) is 18.0. The first kappa shape index (κ1) is 20.8. The van der Waals surface area contributed by atoms with Crippen LogP contribution in [0.5, 0.6) is 0 Å². The zero-order valence-electron chi connectivity index (χ0n) is 15.4. The van der Waals surface area contributed by atoms with Crippen molar-refractivity contribution in [3.8, 4) is 0 Å². The number of benzene rings is 2. The summed E-state index contributed by atoms with van der Waals surface area (Å²) in [5.41, 5.74) is 0.279. The van der Waals surface area contributed by atoms with Crippen molar-refractivity contribution in [1.82, 2.24) is 9.62 Å². The smallest absolute Gasteiger partial charge is 0.341 e. The molecule has 0 bridgehead atoms. The molecule has 0 spiro atoms. The third-order valence-corrected chi connectivity index (χ3v) is 5.78. The molecule has 2 aromatic carbocycles. The Morgan fingerprint density at radius 2 is 1.76 bits per heavy atom. The first-order valence-electron chi connectivity index (χ1n) is 8.65. The largest absolute Gasteiger partial charge is 0.416 e. The lowest BCUT2D eigenvalue weighted by atomic mass is 10.1. The summed E-state index contributed by atoms with van der Waals surface area (Å²) in [5, 5.41) is 0. The SMILES string of the molecule is CN(Cc1ccc(C(F)(F)F)cc1)C(=O)CCN=C1NS(=O)(=O)c2ccccc21. The van der Waals surface area contributed by atoms with Gasteiger partial charge in [0.2, 0.25) is 5.91 Å². The van der Waals surface area contributed by atoms with E-state index in [4.69, 9.17) is 0 Å². The van der Waals surface area contributed by atoms with E-state index in [-0.39, 0.29) is 36.1 Å². The highest BCUT2D eigenvalue weighted by Gasteiger charge is 2.31. The quantitative estimate of drug-likeness (QED) is 0.800. The van der Waals surface area contributed by atoms with Crippen LogP contribution in [-0.2, 0) is 27.5 Å². The Kier molecular flexibility index (Phi) is 5.65. The van der Waals surface area contributed by atoms with Crippen LogP contribution >= 0.6 is 0 Å². The zero-order valence-corrected chi connectivity index (χ0v) is 16.2. The second-order valence-corrected chi connectivity index (χ2v) is 8.18. The van der Waals surface area contributed by atoms with Gasteiger partial charge in [0.1, 0.15) is 5.84 Å². The Morgan fingerprint density at radius 1 is 1.10 bits per heavy atom. The molecule has 29 heavy (non-hydrogen) atoms. The van der Waals surface area contributed by atoms with Gasteiger partial charge in [-0.15, -0.1) is 0 Å². The van der Waals surface area contributed by atoms with Crippen molar-refractivity contribution in [1.29, 1.82) is 0 Å². The minimum Gasteiger partial charge on any atom is -0.341 e. The van der Waals surface area contributed by atoms with Crippen molar-refractivity contribution in [3.63, 3.8) is 0 Å². The number of hydrogen-bond donors (Lipinski definition) is 1. The van der Waals surface area contributed by atoms with Crippen LogP contribution in [0.25, 0.3) is 0 Å². The number of fused-ring (bicyclic) bond motifs is 1. The first-order chi connectivity index (χ1) is 13.6. The second-order valence-electron chi connectivity index (χ2n) is 6.53. The molecule has 1 N–H and O–H groups in total. The fourth-order valence-electron chi connectivity index (χ4n) is 2.87. The van der Waals surface area contributed by atoms with Gasteiger partial charge in [0.25, 0.3) is 10.0 Å². The molecule has 2 aromatic rings. The van der Waals surface area contributed by atoms with Crippen LogP contribution in [-0.4, -0.2) is 38.7 Å². The minimum atomic E-state index is -4.40. The van der Waals surface area contributed by atoms with E-state index >= 15 is 0 Å². The van der Waals surface area contributed by atoms with E-state index in [9.17, 15) is 26.4 Å². The van der Waals surface area contributed by atoms with Gasteiger partial charge < -0.3 is 4.90 Å². The highest BCUT2D eigenvalue weighted by molar-refractivity contribution is 7.90. The fourth-order valence-corrected chi connectivity index (χ4v) is 4.12. The first-order valence-corrected chi connectivity index (χ1v) is 10.1. The van der Waals surface area contributed by atoms with Gasteiger partial charge in [0.15, 0.2) is 0 Å². The molecule has 1 heterocycles. The van der Waals surface area contributed by atoms with E-state index in [1.54, 1.807) is 25.2 Å². The number of alkyl halides is 3. The zero-order chi connectivity index (χ0) is 21.2. The maximum atomic E-state index is 12.6. The van der Waals surface area contributed by atoms with Crippen molar-refractivity contribution in [2.45, 2.75) is 24.0 Å². The van der Waals surface area contributed by atoms with E-state index in [1.165, 1.54) is 23.1 Å². The van der Waals surface area contributed by atoms with Gasteiger partial charge in [-0.1, -0.05) is 24.3 Å². The van der Waals surface area contributed by atoms with Crippen LogP contribution in [0.1, 0.15) is 23.1 Å². The molecule has 1 aliphatic rings. The molecule has 0 fully saturated rings. The second kappa shape index (κ2) is 7.86. The molecule has 0 saturated heterocycles. The van der Waals surface area contributed by atoms with Crippen molar-refractivity contribution in [3.05, 3.63) is 65.2 Å². The Labute approximate surface area is 166 Å². The molecule has 10 heteroatoms. The predicted molar refractivity (Wildman–Crippen MR) is 101 cm³/mol. The summed E-state index contributed by atoms with van der Waals surface area (Å²) in [5.74, 6) is -0.0674. The molecule has 0 aromatic heterocycles. The van der Waals surface area contributed by atoms with E-state index in [0.717, 1.165) is 12.1 Å². The summed E-state index contributed by atoms with van der Waals surface area (Å²) in [6.07, 6.45) is -4.37. The maximum absolute atomic E-state index is 12.6. The third kappa shape index (κ3) is 4.76. The van der Waals surface area contributed by atoms with Gasteiger partial charge in [0, 0.05) is 25.6 Å². The number of nitrogens with zero attached hydrogens (tertiary/aromatic N) is 2. The third-order valence-electron chi connectivity index (χ3n) is 4.39. The van der Waals surface area contributed by atoms with Crippen molar-refractivity contribution in [2.75, 3.05) is 13.6 Å². The van der Waals surface area contributed by atoms with Crippen LogP contribution in [0.15, 0.2) is 58.4 Å². The van der Waals surface area contributed by atoms with Gasteiger partial charge in [0.05, 0.1) is 17.0 Å². The van der Waals surface area contributed by atoms with Gasteiger partial charge in [-0.2, -0.15) is 13.2 Å². The average Bonchev–Trinajstić information content (AvgIpc) is 2.92. The van der Waals surface area contributed by atoms with Crippen molar-refractivity contribution >= 4 is 21.8 Å². The summed E-state index contributed by atoms with van der Waals surface area (Å²) in [7, 11) is -2.09. The Morgan fingerprint density at radius 3 is 2.41 bits per heavy atom. The predicted octanol–water partition coefficient (Wildman–Crippen LogP) is 2.79. The average molecular weight is 425 g/mol. The van der Waals surface area contributed by atoms with Gasteiger partial charge in [-0.05, 0) is 29.8 Å². The van der Waals surface area contributed by atoms with Crippen molar-refractivity contribution < 1.29 is 26.4 Å².